The zero-order chi connectivity index (χ0) is 14.0. The van der Waals surface area contributed by atoms with Gasteiger partial charge in [0.1, 0.15) is 0 Å². The summed E-state index contributed by atoms with van der Waals surface area (Å²) in [7, 11) is 1.77. The van der Waals surface area contributed by atoms with E-state index < -0.39 is 5.97 Å². The van der Waals surface area contributed by atoms with Gasteiger partial charge in [-0.25, -0.2) is 9.59 Å². The van der Waals surface area contributed by atoms with Gasteiger partial charge in [-0.1, -0.05) is 6.92 Å². The number of carboxylic acids is 1. The summed E-state index contributed by atoms with van der Waals surface area (Å²) in [4.78, 5) is 24.3. The summed E-state index contributed by atoms with van der Waals surface area (Å²) in [5, 5.41) is 11.5. The molecule has 5 nitrogen and oxygen atoms in total. The van der Waals surface area contributed by atoms with E-state index in [0.717, 1.165) is 6.54 Å². The van der Waals surface area contributed by atoms with E-state index in [-0.39, 0.29) is 11.6 Å². The standard InChI is InChI=1S/C14H18N2O3/c1-9-7-11(9)8-16(2)14(19)15-12-5-3-10(4-6-12)13(17)18/h3-6,9,11H,7-8H2,1-2H3,(H,15,19)(H,17,18). The SMILES string of the molecule is CC1CC1CN(C)C(=O)Nc1ccc(C(=O)O)cc1. The lowest BCUT2D eigenvalue weighted by molar-refractivity contribution is 0.0697. The van der Waals surface area contributed by atoms with Crippen LogP contribution in [0.3, 0.4) is 0 Å². The summed E-state index contributed by atoms with van der Waals surface area (Å²) < 4.78 is 0. The van der Waals surface area contributed by atoms with Gasteiger partial charge in [-0.05, 0) is 42.5 Å². The van der Waals surface area contributed by atoms with E-state index in [9.17, 15) is 9.59 Å². The molecular formula is C14H18N2O3. The van der Waals surface area contributed by atoms with E-state index in [4.69, 9.17) is 5.11 Å². The largest absolute Gasteiger partial charge is 0.478 e. The molecule has 1 fully saturated rings. The smallest absolute Gasteiger partial charge is 0.335 e. The number of nitrogens with zero attached hydrogens (tertiary/aromatic N) is 1. The number of benzene rings is 1. The van der Waals surface area contributed by atoms with Crippen LogP contribution in [0, 0.1) is 11.8 Å². The Hall–Kier alpha value is -2.04. The number of rotatable bonds is 4. The van der Waals surface area contributed by atoms with Crippen LogP contribution in [0.4, 0.5) is 10.5 Å². The predicted molar refractivity (Wildman–Crippen MR) is 72.3 cm³/mol. The Morgan fingerprint density at radius 1 is 1.37 bits per heavy atom. The van der Waals surface area contributed by atoms with Crippen LogP contribution in [0.25, 0.3) is 0 Å². The summed E-state index contributed by atoms with van der Waals surface area (Å²) in [6.07, 6.45) is 1.19. The van der Waals surface area contributed by atoms with E-state index in [1.165, 1.54) is 18.6 Å². The van der Waals surface area contributed by atoms with Crippen molar-refractivity contribution in [3.8, 4) is 0 Å². The average molecular weight is 262 g/mol. The van der Waals surface area contributed by atoms with E-state index in [1.807, 2.05) is 0 Å². The number of urea groups is 1. The molecule has 0 aromatic heterocycles. The first-order valence-corrected chi connectivity index (χ1v) is 6.33. The summed E-state index contributed by atoms with van der Waals surface area (Å²) in [5.41, 5.74) is 0.809. The highest BCUT2D eigenvalue weighted by atomic mass is 16.4. The minimum Gasteiger partial charge on any atom is -0.478 e. The van der Waals surface area contributed by atoms with Crippen molar-refractivity contribution in [1.82, 2.24) is 4.90 Å². The van der Waals surface area contributed by atoms with Gasteiger partial charge >= 0.3 is 12.0 Å². The number of hydrogen-bond acceptors (Lipinski definition) is 2. The number of carboxylic acid groups (broad SMARTS) is 1. The zero-order valence-corrected chi connectivity index (χ0v) is 11.1. The third kappa shape index (κ3) is 3.47. The second kappa shape index (κ2) is 5.30. The summed E-state index contributed by atoms with van der Waals surface area (Å²) in [6, 6.07) is 5.97. The monoisotopic (exact) mass is 262 g/mol. The first-order chi connectivity index (χ1) is 8.97. The zero-order valence-electron chi connectivity index (χ0n) is 11.1. The molecule has 0 spiro atoms. The third-order valence-corrected chi connectivity index (χ3v) is 3.51. The topological polar surface area (TPSA) is 69.6 Å². The Kier molecular flexibility index (Phi) is 3.74. The molecule has 1 aliphatic carbocycles. The molecule has 2 atom stereocenters. The maximum Gasteiger partial charge on any atom is 0.335 e. The van der Waals surface area contributed by atoms with Gasteiger partial charge in [-0.15, -0.1) is 0 Å². The predicted octanol–water partition coefficient (Wildman–Crippen LogP) is 2.50. The molecule has 19 heavy (non-hydrogen) atoms. The van der Waals surface area contributed by atoms with Gasteiger partial charge in [0.2, 0.25) is 0 Å². The van der Waals surface area contributed by atoms with Crippen molar-refractivity contribution < 1.29 is 14.7 Å². The first-order valence-electron chi connectivity index (χ1n) is 6.33. The lowest BCUT2D eigenvalue weighted by Crippen LogP contribution is -2.33. The van der Waals surface area contributed by atoms with Crippen LogP contribution < -0.4 is 5.32 Å². The second-order valence-electron chi connectivity index (χ2n) is 5.17. The molecule has 0 radical (unpaired) electrons. The fourth-order valence-electron chi connectivity index (χ4n) is 2.00. The van der Waals surface area contributed by atoms with Crippen molar-refractivity contribution in [2.75, 3.05) is 18.9 Å². The maximum atomic E-state index is 11.9. The lowest BCUT2D eigenvalue weighted by Gasteiger charge is -2.17. The molecule has 1 saturated carbocycles. The summed E-state index contributed by atoms with van der Waals surface area (Å²) in [5.74, 6) is 0.355. The van der Waals surface area contributed by atoms with Gasteiger partial charge in [0.15, 0.2) is 0 Å². The van der Waals surface area contributed by atoms with Crippen molar-refractivity contribution >= 4 is 17.7 Å². The molecular weight excluding hydrogens is 244 g/mol. The quantitative estimate of drug-likeness (QED) is 0.875. The molecule has 0 aliphatic heterocycles. The summed E-state index contributed by atoms with van der Waals surface area (Å²) in [6.45, 7) is 2.95. The lowest BCUT2D eigenvalue weighted by atomic mass is 10.2. The highest BCUT2D eigenvalue weighted by molar-refractivity contribution is 5.91. The molecule has 1 aliphatic rings. The van der Waals surface area contributed by atoms with Gasteiger partial charge < -0.3 is 15.3 Å². The molecule has 0 saturated heterocycles. The molecule has 1 aromatic carbocycles. The second-order valence-corrected chi connectivity index (χ2v) is 5.17. The molecule has 0 heterocycles. The van der Waals surface area contributed by atoms with Crippen LogP contribution >= 0.6 is 0 Å². The van der Waals surface area contributed by atoms with E-state index in [2.05, 4.69) is 12.2 Å². The van der Waals surface area contributed by atoms with Crippen LogP contribution in [0.5, 0.6) is 0 Å². The minimum atomic E-state index is -0.974. The normalized spacial score (nSPS) is 20.7. The van der Waals surface area contributed by atoms with Crippen LogP contribution in [-0.2, 0) is 0 Å². The van der Waals surface area contributed by atoms with E-state index in [0.29, 0.717) is 17.5 Å². The Labute approximate surface area is 112 Å². The van der Waals surface area contributed by atoms with Gasteiger partial charge in [0.05, 0.1) is 5.56 Å². The molecule has 2 amide bonds. The van der Waals surface area contributed by atoms with Gasteiger partial charge in [0.25, 0.3) is 0 Å². The fraction of sp³-hybridized carbons (Fsp3) is 0.429. The van der Waals surface area contributed by atoms with E-state index in [1.54, 1.807) is 24.1 Å². The Morgan fingerprint density at radius 3 is 2.42 bits per heavy atom. The molecule has 1 aromatic rings. The van der Waals surface area contributed by atoms with Crippen molar-refractivity contribution in [2.45, 2.75) is 13.3 Å². The fourth-order valence-corrected chi connectivity index (χ4v) is 2.00. The van der Waals surface area contributed by atoms with Crippen LogP contribution in [-0.4, -0.2) is 35.6 Å². The van der Waals surface area contributed by atoms with E-state index >= 15 is 0 Å². The molecule has 2 rings (SSSR count). The first kappa shape index (κ1) is 13.4. The van der Waals surface area contributed by atoms with Crippen LogP contribution in [0.1, 0.15) is 23.7 Å². The molecule has 0 bridgehead atoms. The number of carbonyl (C=O) groups excluding carboxylic acids is 1. The van der Waals surface area contributed by atoms with Crippen molar-refractivity contribution in [3.05, 3.63) is 29.8 Å². The Bertz CT molecular complexity index is 484. The average Bonchev–Trinajstić information content (AvgIpc) is 3.05. The molecule has 5 heteroatoms. The van der Waals surface area contributed by atoms with Crippen LogP contribution in [0.15, 0.2) is 24.3 Å². The highest BCUT2D eigenvalue weighted by Crippen LogP contribution is 2.37. The van der Waals surface area contributed by atoms with Gasteiger partial charge in [-0.3, -0.25) is 0 Å². The van der Waals surface area contributed by atoms with Gasteiger partial charge in [0, 0.05) is 19.3 Å². The van der Waals surface area contributed by atoms with Crippen molar-refractivity contribution in [2.24, 2.45) is 11.8 Å². The third-order valence-electron chi connectivity index (χ3n) is 3.51. The van der Waals surface area contributed by atoms with Crippen molar-refractivity contribution in [1.29, 1.82) is 0 Å². The van der Waals surface area contributed by atoms with Crippen LogP contribution in [0.2, 0.25) is 0 Å². The molecule has 2 unspecified atom stereocenters. The Balaban J connectivity index is 1.89. The maximum absolute atomic E-state index is 11.9. The number of hydrogen-bond donors (Lipinski definition) is 2. The highest BCUT2D eigenvalue weighted by Gasteiger charge is 2.34. The summed E-state index contributed by atoms with van der Waals surface area (Å²) >= 11 is 0. The molecule has 2 N–H and O–H groups in total. The molecule has 102 valence electrons. The van der Waals surface area contributed by atoms with Gasteiger partial charge in [-0.2, -0.15) is 0 Å². The number of amides is 2. The number of aromatic carboxylic acids is 1. The minimum absolute atomic E-state index is 0.165. The number of anilines is 1. The Morgan fingerprint density at radius 2 is 1.95 bits per heavy atom. The van der Waals surface area contributed by atoms with Crippen molar-refractivity contribution in [3.63, 3.8) is 0 Å². The number of carbonyl (C=O) groups is 2. The number of nitrogens with one attached hydrogen (secondary N) is 1.